The molecule has 184 valence electrons. The van der Waals surface area contributed by atoms with Gasteiger partial charge in [-0.1, -0.05) is 23.2 Å². The van der Waals surface area contributed by atoms with Gasteiger partial charge in [0.1, 0.15) is 21.7 Å². The SMILES string of the molecule is CC(C)(C)OC(=O)c1cc(Cl)nc(Cl)c1.O=C(O)c1cc(NC2CC2)nc(S(=O)(=O)C2CC2)c1. The van der Waals surface area contributed by atoms with Crippen LogP contribution in [0, 0.1) is 0 Å². The van der Waals surface area contributed by atoms with Crippen LogP contribution in [-0.2, 0) is 14.6 Å². The number of nitrogens with zero attached hydrogens (tertiary/aromatic N) is 2. The summed E-state index contributed by atoms with van der Waals surface area (Å²) in [6, 6.07) is 5.65. The lowest BCUT2D eigenvalue weighted by Gasteiger charge is -2.19. The number of hydrogen-bond donors (Lipinski definition) is 2. The highest BCUT2D eigenvalue weighted by Crippen LogP contribution is 2.34. The third-order valence-corrected chi connectivity index (χ3v) is 7.16. The van der Waals surface area contributed by atoms with Crippen molar-refractivity contribution in [3.63, 3.8) is 0 Å². The van der Waals surface area contributed by atoms with Gasteiger partial charge in [-0.15, -0.1) is 0 Å². The summed E-state index contributed by atoms with van der Waals surface area (Å²) in [6.45, 7) is 5.36. The number of carboxylic acid groups (broad SMARTS) is 1. The molecule has 0 radical (unpaired) electrons. The molecule has 2 N–H and O–H groups in total. The fourth-order valence-electron chi connectivity index (χ4n) is 2.75. The Morgan fingerprint density at radius 1 is 1.00 bits per heavy atom. The topological polar surface area (TPSA) is 136 Å². The summed E-state index contributed by atoms with van der Waals surface area (Å²) in [5.74, 6) is -1.27. The van der Waals surface area contributed by atoms with Crippen molar-refractivity contribution in [2.75, 3.05) is 5.32 Å². The van der Waals surface area contributed by atoms with E-state index in [1.54, 1.807) is 20.8 Å². The van der Waals surface area contributed by atoms with Gasteiger partial charge in [0.15, 0.2) is 14.9 Å². The Labute approximate surface area is 207 Å². The average molecular weight is 530 g/mol. The molecule has 0 unspecified atom stereocenters. The summed E-state index contributed by atoms with van der Waals surface area (Å²) in [5.41, 5.74) is -0.286. The fourth-order valence-corrected chi connectivity index (χ4v) is 4.83. The molecule has 2 saturated carbocycles. The molecular weight excluding hydrogens is 505 g/mol. The minimum absolute atomic E-state index is 0.0441. The number of carbonyl (C=O) groups excluding carboxylic acids is 1. The summed E-state index contributed by atoms with van der Waals surface area (Å²) in [6.07, 6.45) is 3.27. The number of anilines is 1. The first-order chi connectivity index (χ1) is 15.7. The largest absolute Gasteiger partial charge is 0.478 e. The second kappa shape index (κ2) is 10.1. The van der Waals surface area contributed by atoms with E-state index < -0.39 is 32.6 Å². The maximum Gasteiger partial charge on any atom is 0.338 e. The lowest BCUT2D eigenvalue weighted by atomic mass is 10.2. The van der Waals surface area contributed by atoms with Gasteiger partial charge in [0, 0.05) is 6.04 Å². The molecule has 2 aromatic rings. The van der Waals surface area contributed by atoms with Crippen molar-refractivity contribution in [3.8, 4) is 0 Å². The number of esters is 1. The smallest absolute Gasteiger partial charge is 0.338 e. The Morgan fingerprint density at radius 3 is 2.06 bits per heavy atom. The van der Waals surface area contributed by atoms with Crippen LogP contribution >= 0.6 is 23.2 Å². The Hall–Kier alpha value is -2.43. The van der Waals surface area contributed by atoms with Crippen LogP contribution in [0.2, 0.25) is 10.3 Å². The summed E-state index contributed by atoms with van der Waals surface area (Å²) < 4.78 is 29.4. The predicted molar refractivity (Wildman–Crippen MR) is 127 cm³/mol. The van der Waals surface area contributed by atoms with Crippen LogP contribution in [0.25, 0.3) is 0 Å². The van der Waals surface area contributed by atoms with E-state index in [9.17, 15) is 18.0 Å². The normalized spacial score (nSPS) is 15.7. The first-order valence-electron chi connectivity index (χ1n) is 10.6. The van der Waals surface area contributed by atoms with Gasteiger partial charge in [-0.25, -0.2) is 28.0 Å². The number of nitrogens with one attached hydrogen (secondary N) is 1. The molecule has 0 amide bonds. The number of carbonyl (C=O) groups is 2. The van der Waals surface area contributed by atoms with Gasteiger partial charge in [0.2, 0.25) is 0 Å². The lowest BCUT2D eigenvalue weighted by molar-refractivity contribution is 0.00691. The van der Waals surface area contributed by atoms with Crippen molar-refractivity contribution in [2.45, 2.75) is 68.4 Å². The molecule has 2 aliphatic rings. The van der Waals surface area contributed by atoms with Gasteiger partial charge in [-0.2, -0.15) is 0 Å². The molecule has 2 aromatic heterocycles. The zero-order chi connectivity index (χ0) is 25.3. The molecule has 0 atom stereocenters. The summed E-state index contributed by atoms with van der Waals surface area (Å²) in [5, 5.41) is 11.9. The molecule has 4 rings (SSSR count). The van der Waals surface area contributed by atoms with E-state index in [1.165, 1.54) is 18.2 Å². The highest BCUT2D eigenvalue weighted by atomic mass is 35.5. The minimum atomic E-state index is -3.47. The summed E-state index contributed by atoms with van der Waals surface area (Å²) in [7, 11) is -3.47. The van der Waals surface area contributed by atoms with Crippen molar-refractivity contribution in [2.24, 2.45) is 0 Å². The number of hydrogen-bond acceptors (Lipinski definition) is 8. The number of rotatable bonds is 6. The molecule has 2 fully saturated rings. The van der Waals surface area contributed by atoms with Crippen LogP contribution in [-0.4, -0.2) is 52.3 Å². The second-order valence-electron chi connectivity index (χ2n) is 9.05. The number of aromatic carboxylic acids is 1. The number of aromatic nitrogens is 2. The predicted octanol–water partition coefficient (Wildman–Crippen LogP) is 4.63. The monoisotopic (exact) mass is 529 g/mol. The van der Waals surface area contributed by atoms with E-state index >= 15 is 0 Å². The summed E-state index contributed by atoms with van der Waals surface area (Å²) in [4.78, 5) is 30.5. The molecule has 0 aliphatic heterocycles. The van der Waals surface area contributed by atoms with E-state index in [-0.39, 0.29) is 26.9 Å². The van der Waals surface area contributed by atoms with E-state index in [2.05, 4.69) is 15.3 Å². The molecule has 9 nitrogen and oxygen atoms in total. The zero-order valence-electron chi connectivity index (χ0n) is 18.8. The highest BCUT2D eigenvalue weighted by Gasteiger charge is 2.38. The van der Waals surface area contributed by atoms with Crippen LogP contribution in [0.4, 0.5) is 5.82 Å². The minimum Gasteiger partial charge on any atom is -0.478 e. The van der Waals surface area contributed by atoms with Gasteiger partial charge in [-0.05, 0) is 70.7 Å². The van der Waals surface area contributed by atoms with E-state index in [1.807, 2.05) is 0 Å². The number of halogens is 2. The maximum absolute atomic E-state index is 12.1. The molecule has 2 heterocycles. The average Bonchev–Trinajstić information content (AvgIpc) is 3.59. The Morgan fingerprint density at radius 2 is 1.59 bits per heavy atom. The van der Waals surface area contributed by atoms with E-state index in [0.29, 0.717) is 24.2 Å². The van der Waals surface area contributed by atoms with Crippen molar-refractivity contribution in [1.29, 1.82) is 0 Å². The van der Waals surface area contributed by atoms with Crippen LogP contribution in [0.3, 0.4) is 0 Å². The molecule has 12 heteroatoms. The highest BCUT2D eigenvalue weighted by molar-refractivity contribution is 7.92. The second-order valence-corrected chi connectivity index (χ2v) is 12.0. The zero-order valence-corrected chi connectivity index (χ0v) is 21.2. The van der Waals surface area contributed by atoms with Crippen LogP contribution < -0.4 is 5.32 Å². The molecule has 0 saturated heterocycles. The van der Waals surface area contributed by atoms with Crippen LogP contribution in [0.15, 0.2) is 29.3 Å². The first-order valence-corrected chi connectivity index (χ1v) is 12.9. The van der Waals surface area contributed by atoms with Crippen LogP contribution in [0.5, 0.6) is 0 Å². The Bertz CT molecular complexity index is 1190. The van der Waals surface area contributed by atoms with Gasteiger partial charge in [-0.3, -0.25) is 0 Å². The number of pyridine rings is 2. The summed E-state index contributed by atoms with van der Waals surface area (Å²) >= 11 is 11.3. The Balaban J connectivity index is 0.000000197. The van der Waals surface area contributed by atoms with E-state index in [0.717, 1.165) is 18.9 Å². The number of sulfone groups is 1. The van der Waals surface area contributed by atoms with Crippen LogP contribution in [0.1, 0.15) is 67.2 Å². The van der Waals surface area contributed by atoms with Gasteiger partial charge >= 0.3 is 11.9 Å². The maximum atomic E-state index is 12.1. The van der Waals surface area contributed by atoms with E-state index in [4.69, 9.17) is 33.0 Å². The molecule has 0 aromatic carbocycles. The third-order valence-electron chi connectivity index (χ3n) is 4.63. The van der Waals surface area contributed by atoms with Gasteiger partial charge in [0.05, 0.1) is 16.4 Å². The quantitative estimate of drug-likeness (QED) is 0.405. The first kappa shape index (κ1) is 26.2. The van der Waals surface area contributed by atoms with Gasteiger partial charge in [0.25, 0.3) is 0 Å². The molecule has 0 bridgehead atoms. The van der Waals surface area contributed by atoms with Crippen molar-refractivity contribution < 1.29 is 27.9 Å². The standard InChI is InChI=1S/C12H14N2O4S.C10H11Cl2NO2/c15-12(16)7-5-10(13-8-1-2-8)14-11(6-7)19(17,18)9-3-4-9;1-10(2,3)15-9(14)6-4-7(11)13-8(12)5-6/h5-6,8-9H,1-4H2,(H,13,14)(H,15,16);4-5H,1-3H3. The molecular formula is C22H25Cl2N3O6S. The lowest BCUT2D eigenvalue weighted by Crippen LogP contribution is -2.23. The van der Waals surface area contributed by atoms with Gasteiger partial charge < -0.3 is 15.2 Å². The molecule has 2 aliphatic carbocycles. The van der Waals surface area contributed by atoms with Crippen molar-refractivity contribution in [1.82, 2.24) is 9.97 Å². The van der Waals surface area contributed by atoms with Crippen molar-refractivity contribution >= 4 is 50.8 Å². The Kier molecular flexibility index (Phi) is 7.74. The number of ether oxygens (including phenoxy) is 1. The molecule has 34 heavy (non-hydrogen) atoms. The molecule has 0 spiro atoms. The van der Waals surface area contributed by atoms with Crippen molar-refractivity contribution in [3.05, 3.63) is 45.7 Å². The third kappa shape index (κ3) is 7.54. The number of carboxylic acids is 1. The fraction of sp³-hybridized carbons (Fsp3) is 0.455.